The van der Waals surface area contributed by atoms with Crippen LogP contribution in [-0.4, -0.2) is 37.1 Å². The first kappa shape index (κ1) is 16.3. The number of sulfone groups is 1. The van der Waals surface area contributed by atoms with E-state index < -0.39 is 9.84 Å². The largest absolute Gasteiger partial charge is 0.508 e. The molecule has 0 saturated heterocycles. The Morgan fingerprint density at radius 3 is 2.57 bits per heavy atom. The van der Waals surface area contributed by atoms with Crippen LogP contribution in [0.25, 0.3) is 0 Å². The van der Waals surface area contributed by atoms with Crippen molar-refractivity contribution in [2.24, 2.45) is 0 Å². The lowest BCUT2D eigenvalue weighted by Crippen LogP contribution is -2.44. The smallest absolute Gasteiger partial charge is 0.151 e. The zero-order chi connectivity index (χ0) is 15.5. The number of aromatic hydroxyl groups is 1. The molecule has 0 radical (unpaired) electrons. The molecule has 2 rings (SSSR count). The fourth-order valence-electron chi connectivity index (χ4n) is 3.12. The summed E-state index contributed by atoms with van der Waals surface area (Å²) in [4.78, 5) is 0. The van der Waals surface area contributed by atoms with Crippen LogP contribution in [0.4, 0.5) is 0 Å². The molecule has 118 valence electrons. The molecule has 1 aromatic carbocycles. The lowest BCUT2D eigenvalue weighted by Gasteiger charge is -2.24. The molecule has 0 amide bonds. The summed E-state index contributed by atoms with van der Waals surface area (Å²) < 4.78 is 23.5. The molecule has 0 aliphatic heterocycles. The summed E-state index contributed by atoms with van der Waals surface area (Å²) in [7, 11) is -2.96. The predicted molar refractivity (Wildman–Crippen MR) is 85.3 cm³/mol. The standard InChI is InChI=1S/C16H25NO3S/c1-12(6-7-13-8-10-14(18)11-9-13)17-15-4-3-5-16(15)21(2,19)20/h8-12,15-18H,3-7H2,1-2H3. The van der Waals surface area contributed by atoms with Crippen molar-refractivity contribution in [1.29, 1.82) is 0 Å². The Kier molecular flexibility index (Phi) is 5.27. The van der Waals surface area contributed by atoms with Gasteiger partial charge in [-0.25, -0.2) is 8.42 Å². The van der Waals surface area contributed by atoms with Crippen molar-refractivity contribution in [3.05, 3.63) is 29.8 Å². The summed E-state index contributed by atoms with van der Waals surface area (Å²) in [6, 6.07) is 7.63. The van der Waals surface area contributed by atoms with Gasteiger partial charge in [-0.1, -0.05) is 18.6 Å². The van der Waals surface area contributed by atoms with Gasteiger partial charge in [-0.15, -0.1) is 0 Å². The average molecular weight is 311 g/mol. The first-order valence-electron chi connectivity index (χ1n) is 7.59. The molecule has 1 aliphatic rings. The number of nitrogens with one attached hydrogen (secondary N) is 1. The number of benzene rings is 1. The Morgan fingerprint density at radius 2 is 1.95 bits per heavy atom. The van der Waals surface area contributed by atoms with E-state index in [1.165, 1.54) is 11.8 Å². The van der Waals surface area contributed by atoms with Crippen LogP contribution < -0.4 is 5.32 Å². The van der Waals surface area contributed by atoms with Crippen LogP contribution in [0.2, 0.25) is 0 Å². The van der Waals surface area contributed by atoms with E-state index in [-0.39, 0.29) is 23.1 Å². The summed E-state index contributed by atoms with van der Waals surface area (Å²) in [5.41, 5.74) is 1.19. The highest BCUT2D eigenvalue weighted by molar-refractivity contribution is 7.91. The molecule has 2 N–H and O–H groups in total. The van der Waals surface area contributed by atoms with Gasteiger partial charge >= 0.3 is 0 Å². The summed E-state index contributed by atoms with van der Waals surface area (Å²) >= 11 is 0. The molecule has 4 nitrogen and oxygen atoms in total. The lowest BCUT2D eigenvalue weighted by molar-refractivity contribution is 0.429. The summed E-state index contributed by atoms with van der Waals surface area (Å²) in [5, 5.41) is 12.5. The van der Waals surface area contributed by atoms with Gasteiger partial charge < -0.3 is 10.4 Å². The van der Waals surface area contributed by atoms with Crippen molar-refractivity contribution in [2.75, 3.05) is 6.26 Å². The molecule has 3 atom stereocenters. The van der Waals surface area contributed by atoms with Crippen molar-refractivity contribution in [3.8, 4) is 5.75 Å². The number of phenols is 1. The van der Waals surface area contributed by atoms with Gasteiger partial charge in [-0.2, -0.15) is 0 Å². The third-order valence-electron chi connectivity index (χ3n) is 4.30. The Bertz CT molecular complexity index is 553. The molecular weight excluding hydrogens is 286 g/mol. The monoisotopic (exact) mass is 311 g/mol. The SMILES string of the molecule is CC(CCc1ccc(O)cc1)NC1CCCC1S(C)(=O)=O. The Morgan fingerprint density at radius 1 is 1.29 bits per heavy atom. The second kappa shape index (κ2) is 6.79. The number of phenolic OH excluding ortho intramolecular Hbond substituents is 1. The highest BCUT2D eigenvalue weighted by Gasteiger charge is 2.35. The van der Waals surface area contributed by atoms with E-state index in [9.17, 15) is 13.5 Å². The van der Waals surface area contributed by atoms with Crippen LogP contribution >= 0.6 is 0 Å². The number of rotatable bonds is 6. The normalized spacial score (nSPS) is 24.1. The van der Waals surface area contributed by atoms with Crippen molar-refractivity contribution in [1.82, 2.24) is 5.32 Å². The molecule has 3 unspecified atom stereocenters. The highest BCUT2D eigenvalue weighted by atomic mass is 32.2. The van der Waals surface area contributed by atoms with E-state index in [2.05, 4.69) is 12.2 Å². The number of hydrogen-bond donors (Lipinski definition) is 2. The van der Waals surface area contributed by atoms with Crippen LogP contribution in [0.3, 0.4) is 0 Å². The molecule has 0 spiro atoms. The molecule has 1 aliphatic carbocycles. The van der Waals surface area contributed by atoms with Crippen molar-refractivity contribution in [3.63, 3.8) is 0 Å². The van der Waals surface area contributed by atoms with Gasteiger partial charge in [-0.05, 0) is 50.3 Å². The molecule has 1 fully saturated rings. The van der Waals surface area contributed by atoms with Crippen LogP contribution in [0, 0.1) is 0 Å². The van der Waals surface area contributed by atoms with E-state index in [0.29, 0.717) is 0 Å². The zero-order valence-electron chi connectivity index (χ0n) is 12.7. The summed E-state index contributed by atoms with van der Waals surface area (Å²) in [5.74, 6) is 0.284. The first-order valence-corrected chi connectivity index (χ1v) is 9.54. The van der Waals surface area contributed by atoms with E-state index in [1.807, 2.05) is 12.1 Å². The van der Waals surface area contributed by atoms with E-state index in [0.717, 1.165) is 32.1 Å². The Balaban J connectivity index is 1.84. The molecule has 0 aromatic heterocycles. The molecule has 5 heteroatoms. The fraction of sp³-hybridized carbons (Fsp3) is 0.625. The molecule has 21 heavy (non-hydrogen) atoms. The van der Waals surface area contributed by atoms with Crippen molar-refractivity contribution >= 4 is 9.84 Å². The topological polar surface area (TPSA) is 66.4 Å². The summed E-state index contributed by atoms with van der Waals surface area (Å²) in [6.45, 7) is 2.11. The molecule has 1 aromatic rings. The molecule has 0 heterocycles. The maximum atomic E-state index is 11.8. The minimum atomic E-state index is -2.96. The van der Waals surface area contributed by atoms with Gasteiger partial charge in [-0.3, -0.25) is 0 Å². The highest BCUT2D eigenvalue weighted by Crippen LogP contribution is 2.25. The minimum Gasteiger partial charge on any atom is -0.508 e. The van der Waals surface area contributed by atoms with Crippen LogP contribution in [0.15, 0.2) is 24.3 Å². The molecule has 0 bridgehead atoms. The first-order chi connectivity index (χ1) is 9.86. The van der Waals surface area contributed by atoms with Crippen LogP contribution in [0.1, 0.15) is 38.2 Å². The Hall–Kier alpha value is -1.07. The second-order valence-corrected chi connectivity index (χ2v) is 8.44. The third kappa shape index (κ3) is 4.71. The number of hydrogen-bond acceptors (Lipinski definition) is 4. The lowest BCUT2D eigenvalue weighted by atomic mass is 10.1. The van der Waals surface area contributed by atoms with Crippen molar-refractivity contribution < 1.29 is 13.5 Å². The van der Waals surface area contributed by atoms with Gasteiger partial charge in [0.1, 0.15) is 5.75 Å². The predicted octanol–water partition coefficient (Wildman–Crippen LogP) is 2.27. The fourth-order valence-corrected chi connectivity index (χ4v) is 4.53. The molecule has 1 saturated carbocycles. The maximum Gasteiger partial charge on any atom is 0.151 e. The Labute approximate surface area is 127 Å². The van der Waals surface area contributed by atoms with Gasteiger partial charge in [0.15, 0.2) is 9.84 Å². The van der Waals surface area contributed by atoms with Gasteiger partial charge in [0.05, 0.1) is 5.25 Å². The maximum absolute atomic E-state index is 11.8. The number of aryl methyl sites for hydroxylation is 1. The van der Waals surface area contributed by atoms with Gasteiger partial charge in [0.2, 0.25) is 0 Å². The van der Waals surface area contributed by atoms with E-state index >= 15 is 0 Å². The third-order valence-corrected chi connectivity index (χ3v) is 5.97. The zero-order valence-corrected chi connectivity index (χ0v) is 13.6. The van der Waals surface area contributed by atoms with Gasteiger partial charge in [0.25, 0.3) is 0 Å². The van der Waals surface area contributed by atoms with Crippen molar-refractivity contribution in [2.45, 2.75) is 56.4 Å². The van der Waals surface area contributed by atoms with Gasteiger partial charge in [0, 0.05) is 18.3 Å². The molecular formula is C16H25NO3S. The van der Waals surface area contributed by atoms with Crippen LogP contribution in [-0.2, 0) is 16.3 Å². The minimum absolute atomic E-state index is 0.0924. The van der Waals surface area contributed by atoms with E-state index in [1.54, 1.807) is 12.1 Å². The quantitative estimate of drug-likeness (QED) is 0.846. The summed E-state index contributed by atoms with van der Waals surface area (Å²) in [6.07, 6.45) is 5.93. The second-order valence-electron chi connectivity index (χ2n) is 6.18. The van der Waals surface area contributed by atoms with Crippen LogP contribution in [0.5, 0.6) is 5.75 Å². The average Bonchev–Trinajstić information content (AvgIpc) is 2.86. The van der Waals surface area contributed by atoms with E-state index in [4.69, 9.17) is 0 Å².